The van der Waals surface area contributed by atoms with E-state index in [0.717, 1.165) is 11.3 Å². The number of nitrogens with two attached hydrogens (primary N) is 1. The number of nitrogens with one attached hydrogen (secondary N) is 2. The maximum atomic E-state index is 11.9. The van der Waals surface area contributed by atoms with Crippen LogP contribution in [0.25, 0.3) is 0 Å². The van der Waals surface area contributed by atoms with Gasteiger partial charge in [0.2, 0.25) is 0 Å². The Kier molecular flexibility index (Phi) is 6.22. The van der Waals surface area contributed by atoms with Crippen molar-refractivity contribution in [2.45, 2.75) is 6.92 Å². The lowest BCUT2D eigenvalue weighted by Gasteiger charge is -2.10. The lowest BCUT2D eigenvalue weighted by Crippen LogP contribution is -2.37. The molecular weight excluding hydrogens is 322 g/mol. The van der Waals surface area contributed by atoms with Crippen LogP contribution in [0.15, 0.2) is 42.5 Å². The molecule has 7 heteroatoms. The van der Waals surface area contributed by atoms with Gasteiger partial charge in [0.15, 0.2) is 0 Å². The highest BCUT2D eigenvalue weighted by molar-refractivity contribution is 6.39. The predicted octanol–water partition coefficient (Wildman–Crippen LogP) is 1.72. The molecule has 0 heterocycles. The van der Waals surface area contributed by atoms with E-state index in [2.05, 4.69) is 10.6 Å². The molecule has 0 aliphatic rings. The number of amides is 2. The highest BCUT2D eigenvalue weighted by atomic mass is 16.5. The molecule has 0 saturated carbocycles. The Labute approximate surface area is 146 Å². The Morgan fingerprint density at radius 3 is 2.36 bits per heavy atom. The van der Waals surface area contributed by atoms with Gasteiger partial charge in [-0.1, -0.05) is 6.07 Å². The summed E-state index contributed by atoms with van der Waals surface area (Å²) < 4.78 is 10.5. The number of ether oxygens (including phenoxy) is 2. The van der Waals surface area contributed by atoms with E-state index in [0.29, 0.717) is 17.1 Å². The largest absolute Gasteiger partial charge is 0.497 e. The summed E-state index contributed by atoms with van der Waals surface area (Å²) in [6.07, 6.45) is 0. The molecule has 0 bridgehead atoms. The van der Waals surface area contributed by atoms with E-state index in [4.69, 9.17) is 15.2 Å². The average molecular weight is 343 g/mol. The average Bonchev–Trinajstić information content (AvgIpc) is 2.61. The third-order valence-electron chi connectivity index (χ3n) is 3.38. The van der Waals surface area contributed by atoms with E-state index in [1.165, 1.54) is 0 Å². The van der Waals surface area contributed by atoms with Gasteiger partial charge in [0, 0.05) is 0 Å². The topological polar surface area (TPSA) is 103 Å². The summed E-state index contributed by atoms with van der Waals surface area (Å²) in [7, 11) is 1.58. The molecule has 0 saturated heterocycles. The molecule has 2 aromatic carbocycles. The minimum atomic E-state index is -0.778. The summed E-state index contributed by atoms with van der Waals surface area (Å²) in [5, 5.41) is 4.96. The number of hydrogen-bond acceptors (Lipinski definition) is 5. The van der Waals surface area contributed by atoms with Gasteiger partial charge in [0.05, 0.1) is 25.0 Å². The Bertz CT molecular complexity index is 744. The van der Waals surface area contributed by atoms with Crippen LogP contribution in [0.3, 0.4) is 0 Å². The minimum absolute atomic E-state index is 0.196. The SMILES string of the molecule is COc1ccc(OCCNC(=O)C(=O)Nc2ccc(C)cc2N)cc1. The number of benzene rings is 2. The fourth-order valence-electron chi connectivity index (χ4n) is 2.06. The molecule has 0 unspecified atom stereocenters. The van der Waals surface area contributed by atoms with E-state index < -0.39 is 11.8 Å². The summed E-state index contributed by atoms with van der Waals surface area (Å²) in [6, 6.07) is 12.2. The third kappa shape index (κ3) is 5.42. The molecule has 0 atom stereocenters. The van der Waals surface area contributed by atoms with Crippen LogP contribution in [0.1, 0.15) is 5.56 Å². The molecular formula is C18H21N3O4. The van der Waals surface area contributed by atoms with Crippen LogP contribution in [0.5, 0.6) is 11.5 Å². The molecule has 0 aliphatic carbocycles. The van der Waals surface area contributed by atoms with Crippen molar-refractivity contribution in [1.29, 1.82) is 0 Å². The van der Waals surface area contributed by atoms with Gasteiger partial charge in [0.1, 0.15) is 18.1 Å². The first-order valence-electron chi connectivity index (χ1n) is 7.72. The first kappa shape index (κ1) is 18.1. The number of methoxy groups -OCH3 is 1. The van der Waals surface area contributed by atoms with Crippen molar-refractivity contribution in [2.75, 3.05) is 31.3 Å². The van der Waals surface area contributed by atoms with E-state index in [9.17, 15) is 9.59 Å². The zero-order valence-electron chi connectivity index (χ0n) is 14.2. The second-order valence-corrected chi connectivity index (χ2v) is 5.32. The van der Waals surface area contributed by atoms with Gasteiger partial charge < -0.3 is 25.8 Å². The van der Waals surface area contributed by atoms with Crippen molar-refractivity contribution in [2.24, 2.45) is 0 Å². The second kappa shape index (κ2) is 8.58. The molecule has 2 aromatic rings. The van der Waals surface area contributed by atoms with Gasteiger partial charge in [-0.25, -0.2) is 0 Å². The molecule has 4 N–H and O–H groups in total. The van der Waals surface area contributed by atoms with Crippen LogP contribution in [0.4, 0.5) is 11.4 Å². The van der Waals surface area contributed by atoms with Gasteiger partial charge in [-0.05, 0) is 48.9 Å². The highest BCUT2D eigenvalue weighted by Crippen LogP contribution is 2.19. The predicted molar refractivity (Wildman–Crippen MR) is 95.7 cm³/mol. The van der Waals surface area contributed by atoms with Crippen molar-refractivity contribution >= 4 is 23.2 Å². The first-order chi connectivity index (χ1) is 12.0. The van der Waals surface area contributed by atoms with Crippen LogP contribution in [0, 0.1) is 6.92 Å². The zero-order valence-corrected chi connectivity index (χ0v) is 14.2. The summed E-state index contributed by atoms with van der Waals surface area (Å²) in [5.41, 5.74) is 7.58. The van der Waals surface area contributed by atoms with Crippen LogP contribution in [0.2, 0.25) is 0 Å². The summed E-state index contributed by atoms with van der Waals surface area (Å²) >= 11 is 0. The highest BCUT2D eigenvalue weighted by Gasteiger charge is 2.14. The van der Waals surface area contributed by atoms with Crippen molar-refractivity contribution in [1.82, 2.24) is 5.32 Å². The lowest BCUT2D eigenvalue weighted by molar-refractivity contribution is -0.136. The number of rotatable bonds is 6. The Hall–Kier alpha value is -3.22. The van der Waals surface area contributed by atoms with E-state index >= 15 is 0 Å². The molecule has 0 aliphatic heterocycles. The van der Waals surface area contributed by atoms with Crippen molar-refractivity contribution < 1.29 is 19.1 Å². The van der Waals surface area contributed by atoms with Gasteiger partial charge in [0.25, 0.3) is 0 Å². The molecule has 0 aromatic heterocycles. The number of nitrogen functional groups attached to an aromatic ring is 1. The molecule has 2 amide bonds. The van der Waals surface area contributed by atoms with Crippen LogP contribution >= 0.6 is 0 Å². The van der Waals surface area contributed by atoms with Gasteiger partial charge in [-0.3, -0.25) is 9.59 Å². The molecule has 0 fully saturated rings. The summed E-state index contributed by atoms with van der Waals surface area (Å²) in [5.74, 6) is -0.155. The molecule has 132 valence electrons. The van der Waals surface area contributed by atoms with Gasteiger partial charge >= 0.3 is 11.8 Å². The fourth-order valence-corrected chi connectivity index (χ4v) is 2.06. The quantitative estimate of drug-likeness (QED) is 0.421. The zero-order chi connectivity index (χ0) is 18.2. The fraction of sp³-hybridized carbons (Fsp3) is 0.222. The van der Waals surface area contributed by atoms with Crippen molar-refractivity contribution in [3.05, 3.63) is 48.0 Å². The minimum Gasteiger partial charge on any atom is -0.497 e. The number of hydrogen-bond donors (Lipinski definition) is 3. The van der Waals surface area contributed by atoms with Crippen LogP contribution in [-0.2, 0) is 9.59 Å². The lowest BCUT2D eigenvalue weighted by atomic mass is 10.2. The maximum absolute atomic E-state index is 11.9. The van der Waals surface area contributed by atoms with E-state index in [1.807, 2.05) is 6.92 Å². The summed E-state index contributed by atoms with van der Waals surface area (Å²) in [4.78, 5) is 23.6. The van der Waals surface area contributed by atoms with E-state index in [-0.39, 0.29) is 13.2 Å². The maximum Gasteiger partial charge on any atom is 0.313 e. The van der Waals surface area contributed by atoms with Crippen molar-refractivity contribution in [3.63, 3.8) is 0 Å². The van der Waals surface area contributed by atoms with Crippen molar-refractivity contribution in [3.8, 4) is 11.5 Å². The standard InChI is InChI=1S/C18H21N3O4/c1-12-3-8-16(15(19)11-12)21-18(23)17(22)20-9-10-25-14-6-4-13(24-2)5-7-14/h3-8,11H,9-10,19H2,1-2H3,(H,20,22)(H,21,23). The number of aryl methyl sites for hydroxylation is 1. The molecule has 2 rings (SSSR count). The Morgan fingerprint density at radius 1 is 1.04 bits per heavy atom. The Balaban J connectivity index is 1.74. The third-order valence-corrected chi connectivity index (χ3v) is 3.38. The Morgan fingerprint density at radius 2 is 1.72 bits per heavy atom. The number of carbonyl (C=O) groups excluding carboxylic acids is 2. The van der Waals surface area contributed by atoms with Crippen LogP contribution < -0.4 is 25.8 Å². The molecule has 0 spiro atoms. The number of carbonyl (C=O) groups is 2. The summed E-state index contributed by atoms with van der Waals surface area (Å²) in [6.45, 7) is 2.32. The number of anilines is 2. The molecule has 25 heavy (non-hydrogen) atoms. The smallest absolute Gasteiger partial charge is 0.313 e. The second-order valence-electron chi connectivity index (χ2n) is 5.32. The van der Waals surface area contributed by atoms with Gasteiger partial charge in [-0.2, -0.15) is 0 Å². The molecule has 0 radical (unpaired) electrons. The monoisotopic (exact) mass is 343 g/mol. The molecule has 7 nitrogen and oxygen atoms in total. The normalized spacial score (nSPS) is 10.0. The van der Waals surface area contributed by atoms with Crippen LogP contribution in [-0.4, -0.2) is 32.1 Å². The van der Waals surface area contributed by atoms with Gasteiger partial charge in [-0.15, -0.1) is 0 Å². The van der Waals surface area contributed by atoms with E-state index in [1.54, 1.807) is 49.6 Å². The first-order valence-corrected chi connectivity index (χ1v) is 7.72.